The van der Waals surface area contributed by atoms with Crippen LogP contribution in [0.5, 0.6) is 5.75 Å². The van der Waals surface area contributed by atoms with Gasteiger partial charge in [0.15, 0.2) is 0 Å². The first-order valence-electron chi connectivity index (χ1n) is 10.6. The second-order valence-corrected chi connectivity index (χ2v) is 8.65. The molecule has 34 heavy (non-hydrogen) atoms. The molecular weight excluding hydrogens is 511 g/mol. The first kappa shape index (κ1) is 24.0. The van der Waals surface area contributed by atoms with Gasteiger partial charge in [-0.15, -0.1) is 0 Å². The van der Waals surface area contributed by atoms with Gasteiger partial charge in [-0.2, -0.15) is 13.2 Å². The number of allylic oxidation sites excluding steroid dienone is 2. The number of benzene rings is 2. The summed E-state index contributed by atoms with van der Waals surface area (Å²) >= 11 is 3.47. The fourth-order valence-electron chi connectivity index (χ4n) is 3.98. The lowest BCUT2D eigenvalue weighted by Gasteiger charge is -2.17. The van der Waals surface area contributed by atoms with E-state index in [4.69, 9.17) is 9.47 Å². The number of halogens is 4. The summed E-state index contributed by atoms with van der Waals surface area (Å²) in [5, 5.41) is 0. The minimum Gasteiger partial charge on any atom is -0.488 e. The van der Waals surface area contributed by atoms with Gasteiger partial charge in [-0.25, -0.2) is 9.78 Å². The van der Waals surface area contributed by atoms with Crippen LogP contribution in [0.25, 0.3) is 11.1 Å². The monoisotopic (exact) mass is 531 g/mol. The zero-order chi connectivity index (χ0) is 24.3. The second-order valence-electron chi connectivity index (χ2n) is 7.80. The first-order chi connectivity index (χ1) is 16.3. The van der Waals surface area contributed by atoms with Crippen molar-refractivity contribution in [2.75, 3.05) is 7.11 Å². The Kier molecular flexibility index (Phi) is 7.07. The Balaban J connectivity index is 1.79. The Labute approximate surface area is 203 Å². The van der Waals surface area contributed by atoms with E-state index in [-0.39, 0.29) is 12.3 Å². The Morgan fingerprint density at radius 1 is 1.03 bits per heavy atom. The van der Waals surface area contributed by atoms with Gasteiger partial charge in [0.2, 0.25) is 0 Å². The molecule has 2 aromatic carbocycles. The molecule has 0 radical (unpaired) electrons. The predicted octanol–water partition coefficient (Wildman–Crippen LogP) is 7.32. The molecule has 8 heteroatoms. The van der Waals surface area contributed by atoms with Crippen molar-refractivity contribution < 1.29 is 27.4 Å². The maximum atomic E-state index is 13.6. The molecule has 4 nitrogen and oxygen atoms in total. The van der Waals surface area contributed by atoms with E-state index >= 15 is 0 Å². The summed E-state index contributed by atoms with van der Waals surface area (Å²) in [7, 11) is 1.27. The van der Waals surface area contributed by atoms with E-state index in [9.17, 15) is 18.0 Å². The number of hydrogen-bond acceptors (Lipinski definition) is 4. The molecule has 0 aliphatic heterocycles. The van der Waals surface area contributed by atoms with Gasteiger partial charge < -0.3 is 9.47 Å². The van der Waals surface area contributed by atoms with Crippen molar-refractivity contribution in [1.29, 1.82) is 0 Å². The Hall–Kier alpha value is -3.13. The van der Waals surface area contributed by atoms with Crippen LogP contribution >= 0.6 is 15.9 Å². The molecule has 1 aromatic heterocycles. The average molecular weight is 532 g/mol. The summed E-state index contributed by atoms with van der Waals surface area (Å²) in [5.41, 5.74) is 2.75. The smallest absolute Gasteiger partial charge is 0.416 e. The number of pyridine rings is 1. The summed E-state index contributed by atoms with van der Waals surface area (Å²) in [6.07, 6.45) is -2.52. The number of aromatic nitrogens is 1. The molecule has 3 aromatic rings. The molecule has 0 N–H and O–H groups in total. The topological polar surface area (TPSA) is 48.4 Å². The van der Waals surface area contributed by atoms with Crippen molar-refractivity contribution in [3.63, 3.8) is 0 Å². The van der Waals surface area contributed by atoms with Crippen LogP contribution in [-0.2, 0) is 17.5 Å². The standard InChI is InChI=1S/C26H21BrF3NO3/c1-33-25(32)23-11-5-10-22(31-23)19-8-4-7-18(19)20-14-17(26(28,29)30)12-13-24(20)34-15-16-6-2-3-9-21(16)27/h2-3,5-6,9-14H,4,7-8,15H2,1H3. The number of hydrogen-bond donors (Lipinski definition) is 0. The van der Waals surface area contributed by atoms with Gasteiger partial charge >= 0.3 is 12.1 Å². The van der Waals surface area contributed by atoms with Crippen LogP contribution in [0.4, 0.5) is 13.2 Å². The van der Waals surface area contributed by atoms with E-state index in [1.807, 2.05) is 24.3 Å². The lowest BCUT2D eigenvalue weighted by atomic mass is 9.97. The van der Waals surface area contributed by atoms with E-state index in [1.54, 1.807) is 18.2 Å². The van der Waals surface area contributed by atoms with Crippen LogP contribution in [0.1, 0.15) is 52.1 Å². The van der Waals surface area contributed by atoms with E-state index in [1.165, 1.54) is 13.2 Å². The number of methoxy groups -OCH3 is 1. The fraction of sp³-hybridized carbons (Fsp3) is 0.231. The summed E-state index contributed by atoms with van der Waals surface area (Å²) < 4.78 is 52.3. The van der Waals surface area contributed by atoms with Gasteiger partial charge in [0.05, 0.1) is 18.4 Å². The zero-order valence-corrected chi connectivity index (χ0v) is 19.9. The summed E-state index contributed by atoms with van der Waals surface area (Å²) in [4.78, 5) is 16.3. The van der Waals surface area contributed by atoms with Crippen LogP contribution in [0.15, 0.2) is 65.1 Å². The first-order valence-corrected chi connectivity index (χ1v) is 11.4. The summed E-state index contributed by atoms with van der Waals surface area (Å²) in [5.74, 6) is -0.208. The van der Waals surface area contributed by atoms with Crippen LogP contribution in [0, 0.1) is 0 Å². The molecule has 0 bridgehead atoms. The number of esters is 1. The molecule has 0 saturated carbocycles. The molecule has 0 fully saturated rings. The van der Waals surface area contributed by atoms with E-state index < -0.39 is 17.7 Å². The molecule has 0 amide bonds. The third-order valence-corrected chi connectivity index (χ3v) is 6.42. The third-order valence-electron chi connectivity index (χ3n) is 5.64. The van der Waals surface area contributed by atoms with Crippen molar-refractivity contribution in [3.05, 3.63) is 93.2 Å². The number of alkyl halides is 3. The van der Waals surface area contributed by atoms with Crippen molar-refractivity contribution in [2.24, 2.45) is 0 Å². The van der Waals surface area contributed by atoms with Crippen molar-refractivity contribution in [2.45, 2.75) is 32.0 Å². The molecule has 1 heterocycles. The van der Waals surface area contributed by atoms with E-state index in [0.29, 0.717) is 29.8 Å². The molecule has 1 aliphatic carbocycles. The molecule has 0 unspecified atom stereocenters. The quantitative estimate of drug-likeness (QED) is 0.312. The minimum atomic E-state index is -4.49. The molecule has 1 aliphatic rings. The maximum Gasteiger partial charge on any atom is 0.416 e. The molecule has 0 saturated heterocycles. The van der Waals surface area contributed by atoms with Crippen LogP contribution in [0.3, 0.4) is 0 Å². The van der Waals surface area contributed by atoms with Crippen molar-refractivity contribution >= 4 is 33.0 Å². The highest BCUT2D eigenvalue weighted by molar-refractivity contribution is 9.10. The summed E-state index contributed by atoms with van der Waals surface area (Å²) in [6, 6.07) is 16.0. The number of ether oxygens (including phenoxy) is 2. The normalized spacial score (nSPS) is 13.8. The molecular formula is C26H21BrF3NO3. The average Bonchev–Trinajstić information content (AvgIpc) is 3.32. The van der Waals surface area contributed by atoms with Gasteiger partial charge in [-0.1, -0.05) is 40.2 Å². The SMILES string of the molecule is COC(=O)c1cccc(C2=C(c3cc(C(F)(F)F)ccc3OCc3ccccc3Br)CCC2)n1. The highest BCUT2D eigenvalue weighted by Gasteiger charge is 2.32. The molecule has 0 atom stereocenters. The van der Waals surface area contributed by atoms with Gasteiger partial charge in [0.25, 0.3) is 0 Å². The van der Waals surface area contributed by atoms with Gasteiger partial charge in [-0.3, -0.25) is 0 Å². The number of carbonyl (C=O) groups excluding carboxylic acids is 1. The second kappa shape index (κ2) is 10.0. The van der Waals surface area contributed by atoms with E-state index in [2.05, 4.69) is 20.9 Å². The Bertz CT molecular complexity index is 1250. The highest BCUT2D eigenvalue weighted by atomic mass is 79.9. The number of nitrogens with zero attached hydrogens (tertiary/aromatic N) is 1. The van der Waals surface area contributed by atoms with Crippen molar-refractivity contribution in [3.8, 4) is 5.75 Å². The van der Waals surface area contributed by atoms with Crippen LogP contribution in [0.2, 0.25) is 0 Å². The van der Waals surface area contributed by atoms with Gasteiger partial charge in [0, 0.05) is 15.6 Å². The Morgan fingerprint density at radius 2 is 1.79 bits per heavy atom. The Morgan fingerprint density at radius 3 is 2.53 bits per heavy atom. The van der Waals surface area contributed by atoms with Gasteiger partial charge in [0.1, 0.15) is 18.1 Å². The fourth-order valence-corrected chi connectivity index (χ4v) is 4.38. The lowest BCUT2D eigenvalue weighted by molar-refractivity contribution is -0.137. The largest absolute Gasteiger partial charge is 0.488 e. The third kappa shape index (κ3) is 5.17. The van der Waals surface area contributed by atoms with Crippen LogP contribution < -0.4 is 4.74 Å². The van der Waals surface area contributed by atoms with Crippen molar-refractivity contribution in [1.82, 2.24) is 4.98 Å². The van der Waals surface area contributed by atoms with E-state index in [0.717, 1.165) is 39.7 Å². The molecule has 176 valence electrons. The lowest BCUT2D eigenvalue weighted by Crippen LogP contribution is -2.07. The predicted molar refractivity (Wildman–Crippen MR) is 126 cm³/mol. The number of carbonyl (C=O) groups is 1. The molecule has 4 rings (SSSR count). The minimum absolute atomic E-state index is 0.146. The molecule has 0 spiro atoms. The zero-order valence-electron chi connectivity index (χ0n) is 18.3. The van der Waals surface area contributed by atoms with Crippen LogP contribution in [-0.4, -0.2) is 18.1 Å². The highest BCUT2D eigenvalue weighted by Crippen LogP contribution is 2.44. The summed E-state index contributed by atoms with van der Waals surface area (Å²) in [6.45, 7) is 0.193. The number of rotatable bonds is 6. The van der Waals surface area contributed by atoms with Gasteiger partial charge in [-0.05, 0) is 66.8 Å². The maximum absolute atomic E-state index is 13.6.